The van der Waals surface area contributed by atoms with Gasteiger partial charge in [-0.2, -0.15) is 0 Å². The second-order valence-electron chi connectivity index (χ2n) is 2.83. The second-order valence-corrected chi connectivity index (χ2v) is 3.22. The lowest BCUT2D eigenvalue weighted by Gasteiger charge is -1.83. The molecule has 0 radical (unpaired) electrons. The van der Waals surface area contributed by atoms with Crippen molar-refractivity contribution < 1.29 is 4.42 Å². The van der Waals surface area contributed by atoms with Gasteiger partial charge in [0.15, 0.2) is 0 Å². The number of aromatic nitrogens is 3. The second kappa shape index (κ2) is 3.63. The Hall–Kier alpha value is -1.62. The van der Waals surface area contributed by atoms with Crippen LogP contribution in [-0.4, -0.2) is 15.2 Å². The molecule has 72 valence electrons. The summed E-state index contributed by atoms with van der Waals surface area (Å²) in [4.78, 5) is 4.01. The van der Waals surface area contributed by atoms with Gasteiger partial charge in [-0.3, -0.25) is 10.2 Å². The van der Waals surface area contributed by atoms with Crippen molar-refractivity contribution in [2.45, 2.75) is 6.92 Å². The molecule has 5 heteroatoms. The standard InChI is InChI=1S/C9H9N3OS/c1-6-2-3-7(13-6)4-5-8-10-9(14)12-11-8/h2-5H,1H3,(H2,10,11,12,14). The van der Waals surface area contributed by atoms with E-state index in [2.05, 4.69) is 15.2 Å². The first-order chi connectivity index (χ1) is 6.74. The van der Waals surface area contributed by atoms with Gasteiger partial charge >= 0.3 is 0 Å². The topological polar surface area (TPSA) is 57.6 Å². The monoisotopic (exact) mass is 207 g/mol. The lowest BCUT2D eigenvalue weighted by molar-refractivity contribution is 0.525. The number of H-pyrrole nitrogens is 2. The third-order valence-electron chi connectivity index (χ3n) is 1.69. The van der Waals surface area contributed by atoms with E-state index >= 15 is 0 Å². The van der Waals surface area contributed by atoms with Gasteiger partial charge < -0.3 is 4.42 Å². The number of aromatic amines is 2. The quantitative estimate of drug-likeness (QED) is 0.744. The van der Waals surface area contributed by atoms with Gasteiger partial charge in [0.1, 0.15) is 17.3 Å². The van der Waals surface area contributed by atoms with Crippen LogP contribution in [0, 0.1) is 11.7 Å². The molecule has 2 N–H and O–H groups in total. The van der Waals surface area contributed by atoms with Crippen molar-refractivity contribution in [3.63, 3.8) is 0 Å². The largest absolute Gasteiger partial charge is 0.462 e. The molecule has 0 saturated heterocycles. The molecule has 2 heterocycles. The molecule has 2 rings (SSSR count). The first-order valence-corrected chi connectivity index (χ1v) is 4.54. The number of hydrogen-bond donors (Lipinski definition) is 2. The van der Waals surface area contributed by atoms with E-state index in [1.165, 1.54) is 0 Å². The van der Waals surface area contributed by atoms with E-state index in [4.69, 9.17) is 16.6 Å². The molecule has 0 aliphatic carbocycles. The molecule has 0 aliphatic rings. The van der Waals surface area contributed by atoms with E-state index in [1.807, 2.05) is 25.1 Å². The van der Waals surface area contributed by atoms with Crippen LogP contribution < -0.4 is 0 Å². The number of hydrogen-bond acceptors (Lipinski definition) is 3. The van der Waals surface area contributed by atoms with Crippen molar-refractivity contribution in [1.29, 1.82) is 0 Å². The van der Waals surface area contributed by atoms with Crippen molar-refractivity contribution in [2.24, 2.45) is 0 Å². The zero-order valence-corrected chi connectivity index (χ0v) is 8.39. The van der Waals surface area contributed by atoms with E-state index < -0.39 is 0 Å². The van der Waals surface area contributed by atoms with Gasteiger partial charge in [-0.05, 0) is 43.4 Å². The Kier molecular flexibility index (Phi) is 2.32. The molecule has 0 aliphatic heterocycles. The zero-order valence-electron chi connectivity index (χ0n) is 7.57. The Morgan fingerprint density at radius 3 is 2.79 bits per heavy atom. The highest BCUT2D eigenvalue weighted by molar-refractivity contribution is 7.71. The van der Waals surface area contributed by atoms with Crippen molar-refractivity contribution in [3.8, 4) is 0 Å². The molecule has 0 aromatic carbocycles. The molecule has 14 heavy (non-hydrogen) atoms. The summed E-state index contributed by atoms with van der Waals surface area (Å²) in [7, 11) is 0. The van der Waals surface area contributed by atoms with Crippen LogP contribution in [0.2, 0.25) is 0 Å². The van der Waals surface area contributed by atoms with E-state index in [9.17, 15) is 0 Å². The van der Waals surface area contributed by atoms with Crippen LogP contribution in [0.15, 0.2) is 16.5 Å². The summed E-state index contributed by atoms with van der Waals surface area (Å²) in [6.45, 7) is 1.90. The van der Waals surface area contributed by atoms with Gasteiger partial charge in [0.2, 0.25) is 4.77 Å². The number of nitrogens with zero attached hydrogens (tertiary/aromatic N) is 1. The van der Waals surface area contributed by atoms with Crippen LogP contribution in [0.25, 0.3) is 12.2 Å². The highest BCUT2D eigenvalue weighted by Crippen LogP contribution is 2.09. The van der Waals surface area contributed by atoms with Crippen LogP contribution in [0.1, 0.15) is 17.3 Å². The van der Waals surface area contributed by atoms with Gasteiger partial charge in [-0.15, -0.1) is 0 Å². The third kappa shape index (κ3) is 2.00. The molecule has 0 amide bonds. The van der Waals surface area contributed by atoms with Crippen LogP contribution in [0.3, 0.4) is 0 Å². The molecule has 2 aromatic heterocycles. The van der Waals surface area contributed by atoms with Crippen LogP contribution in [0.4, 0.5) is 0 Å². The summed E-state index contributed by atoms with van der Waals surface area (Å²) < 4.78 is 5.79. The maximum absolute atomic E-state index is 5.35. The van der Waals surface area contributed by atoms with Gasteiger partial charge in [-0.25, -0.2) is 4.98 Å². The molecule has 2 aromatic rings. The number of aryl methyl sites for hydroxylation is 1. The maximum atomic E-state index is 5.35. The first-order valence-electron chi connectivity index (χ1n) is 4.13. The highest BCUT2D eigenvalue weighted by atomic mass is 32.1. The van der Waals surface area contributed by atoms with Gasteiger partial charge in [0.25, 0.3) is 0 Å². The number of nitrogens with one attached hydrogen (secondary N) is 2. The van der Waals surface area contributed by atoms with E-state index in [0.29, 0.717) is 10.6 Å². The molecule has 0 saturated carbocycles. The van der Waals surface area contributed by atoms with Crippen molar-refractivity contribution in [2.75, 3.05) is 0 Å². The van der Waals surface area contributed by atoms with E-state index in [1.54, 1.807) is 6.08 Å². The van der Waals surface area contributed by atoms with Gasteiger partial charge in [0.05, 0.1) is 0 Å². The Morgan fingerprint density at radius 2 is 2.21 bits per heavy atom. The van der Waals surface area contributed by atoms with Crippen molar-refractivity contribution in [3.05, 3.63) is 34.2 Å². The molecule has 0 bridgehead atoms. The molecule has 0 atom stereocenters. The zero-order chi connectivity index (χ0) is 9.97. The predicted octanol–water partition coefficient (Wildman–Crippen LogP) is 2.54. The fourth-order valence-corrected chi connectivity index (χ4v) is 1.22. The summed E-state index contributed by atoms with van der Waals surface area (Å²) in [5, 5.41) is 5.52. The van der Waals surface area contributed by atoms with Crippen molar-refractivity contribution in [1.82, 2.24) is 15.2 Å². The maximum Gasteiger partial charge on any atom is 0.213 e. The molecule has 4 nitrogen and oxygen atoms in total. The minimum Gasteiger partial charge on any atom is -0.462 e. The Morgan fingerprint density at radius 1 is 1.36 bits per heavy atom. The minimum absolute atomic E-state index is 0.445. The molecular formula is C9H9N3OS. The van der Waals surface area contributed by atoms with Crippen LogP contribution >= 0.6 is 12.2 Å². The molecule has 0 fully saturated rings. The smallest absolute Gasteiger partial charge is 0.213 e. The Bertz CT molecular complexity index is 506. The van der Waals surface area contributed by atoms with Gasteiger partial charge in [0, 0.05) is 0 Å². The average Bonchev–Trinajstić information content (AvgIpc) is 2.72. The van der Waals surface area contributed by atoms with E-state index in [0.717, 1.165) is 11.5 Å². The first kappa shape index (κ1) is 8.96. The minimum atomic E-state index is 0.445. The lowest BCUT2D eigenvalue weighted by Crippen LogP contribution is -1.73. The lowest BCUT2D eigenvalue weighted by atomic mass is 10.4. The fourth-order valence-electron chi connectivity index (χ4n) is 1.07. The summed E-state index contributed by atoms with van der Waals surface area (Å²) in [5.74, 6) is 2.37. The summed E-state index contributed by atoms with van der Waals surface area (Å²) in [6, 6.07) is 3.81. The molecule has 0 spiro atoms. The number of furan rings is 1. The summed E-state index contributed by atoms with van der Waals surface area (Å²) in [5.41, 5.74) is 0. The van der Waals surface area contributed by atoms with Crippen molar-refractivity contribution >= 4 is 24.4 Å². The van der Waals surface area contributed by atoms with Crippen LogP contribution in [0.5, 0.6) is 0 Å². The Balaban J connectivity index is 2.18. The summed E-state index contributed by atoms with van der Waals surface area (Å²) >= 11 is 4.81. The highest BCUT2D eigenvalue weighted by Gasteiger charge is 1.93. The fraction of sp³-hybridized carbons (Fsp3) is 0.111. The normalized spacial score (nSPS) is 11.2. The number of rotatable bonds is 2. The third-order valence-corrected chi connectivity index (χ3v) is 1.88. The summed E-state index contributed by atoms with van der Waals surface area (Å²) in [6.07, 6.45) is 3.62. The van der Waals surface area contributed by atoms with Gasteiger partial charge in [-0.1, -0.05) is 0 Å². The molecule has 0 unspecified atom stereocenters. The van der Waals surface area contributed by atoms with Crippen LogP contribution in [-0.2, 0) is 0 Å². The molecular weight excluding hydrogens is 198 g/mol. The predicted molar refractivity (Wildman–Crippen MR) is 56.1 cm³/mol. The van der Waals surface area contributed by atoms with E-state index in [-0.39, 0.29) is 0 Å². The SMILES string of the molecule is Cc1ccc(C=Cc2nc(=S)[nH][nH]2)o1. The Labute approximate surface area is 85.7 Å². The average molecular weight is 207 g/mol.